The third-order valence-corrected chi connectivity index (χ3v) is 6.48. The van der Waals surface area contributed by atoms with Gasteiger partial charge in [-0.1, -0.05) is 18.2 Å². The molecule has 9 heteroatoms. The number of rotatable bonds is 7. The van der Waals surface area contributed by atoms with Crippen molar-refractivity contribution in [1.82, 2.24) is 9.62 Å². The third kappa shape index (κ3) is 5.31. The van der Waals surface area contributed by atoms with Crippen LogP contribution in [0.4, 0.5) is 4.39 Å². The quantitative estimate of drug-likeness (QED) is 0.734. The standard InChI is InChI=1S/C20H23FN2O5S/c1-27-18-6-5-15(12-19(18)29(25,26)23-7-9-28-10-8-23)13-20(24)22-14-16-3-2-4-17(21)11-16/h2-6,11-12H,7-10,13-14H2,1H3,(H,22,24). The average Bonchev–Trinajstić information content (AvgIpc) is 2.73. The highest BCUT2D eigenvalue weighted by atomic mass is 32.2. The lowest BCUT2D eigenvalue weighted by Gasteiger charge is -2.26. The van der Waals surface area contributed by atoms with Gasteiger partial charge in [-0.15, -0.1) is 0 Å². The van der Waals surface area contributed by atoms with Gasteiger partial charge in [-0.2, -0.15) is 4.31 Å². The largest absolute Gasteiger partial charge is 0.495 e. The summed E-state index contributed by atoms with van der Waals surface area (Å²) in [7, 11) is -2.37. The first-order valence-electron chi connectivity index (χ1n) is 9.16. The van der Waals surface area contributed by atoms with Gasteiger partial charge in [-0.05, 0) is 35.4 Å². The highest BCUT2D eigenvalue weighted by Gasteiger charge is 2.29. The van der Waals surface area contributed by atoms with Crippen molar-refractivity contribution in [2.75, 3.05) is 33.4 Å². The van der Waals surface area contributed by atoms with Gasteiger partial charge < -0.3 is 14.8 Å². The average molecular weight is 422 g/mol. The molecule has 0 aliphatic carbocycles. The van der Waals surface area contributed by atoms with Crippen LogP contribution < -0.4 is 10.1 Å². The summed E-state index contributed by atoms with van der Waals surface area (Å²) in [6.45, 7) is 1.40. The van der Waals surface area contributed by atoms with E-state index < -0.39 is 10.0 Å². The molecule has 1 heterocycles. The Balaban J connectivity index is 1.73. The zero-order valence-corrected chi connectivity index (χ0v) is 16.9. The number of halogens is 1. The first kappa shape index (κ1) is 21.2. The number of carbonyl (C=O) groups excluding carboxylic acids is 1. The minimum atomic E-state index is -3.77. The Morgan fingerprint density at radius 1 is 1.17 bits per heavy atom. The number of sulfonamides is 1. The van der Waals surface area contributed by atoms with Crippen LogP contribution >= 0.6 is 0 Å². The van der Waals surface area contributed by atoms with Crippen LogP contribution in [-0.4, -0.2) is 52.0 Å². The zero-order valence-electron chi connectivity index (χ0n) is 16.1. The van der Waals surface area contributed by atoms with E-state index in [1.165, 1.54) is 29.6 Å². The second-order valence-electron chi connectivity index (χ2n) is 6.59. The molecule has 0 atom stereocenters. The Hall–Kier alpha value is -2.49. The second kappa shape index (κ2) is 9.34. The van der Waals surface area contributed by atoms with E-state index in [0.29, 0.717) is 24.3 Å². The third-order valence-electron chi connectivity index (χ3n) is 4.56. The van der Waals surface area contributed by atoms with Crippen LogP contribution in [0.1, 0.15) is 11.1 Å². The number of methoxy groups -OCH3 is 1. The van der Waals surface area contributed by atoms with Crippen molar-refractivity contribution in [2.24, 2.45) is 0 Å². The lowest BCUT2D eigenvalue weighted by atomic mass is 10.1. The van der Waals surface area contributed by atoms with Crippen molar-refractivity contribution >= 4 is 15.9 Å². The summed E-state index contributed by atoms with van der Waals surface area (Å²) < 4.78 is 51.0. The fourth-order valence-electron chi connectivity index (χ4n) is 3.05. The smallest absolute Gasteiger partial charge is 0.246 e. The van der Waals surface area contributed by atoms with Crippen LogP contribution in [0.2, 0.25) is 0 Å². The summed E-state index contributed by atoms with van der Waals surface area (Å²) >= 11 is 0. The molecule has 156 valence electrons. The minimum absolute atomic E-state index is 0.00899. The zero-order chi connectivity index (χ0) is 20.9. The molecule has 0 aromatic heterocycles. The summed E-state index contributed by atoms with van der Waals surface area (Å²) in [5.41, 5.74) is 1.18. The van der Waals surface area contributed by atoms with Gasteiger partial charge in [0, 0.05) is 19.6 Å². The van der Waals surface area contributed by atoms with E-state index in [9.17, 15) is 17.6 Å². The maximum absolute atomic E-state index is 13.2. The lowest BCUT2D eigenvalue weighted by Crippen LogP contribution is -2.40. The molecule has 1 fully saturated rings. The molecule has 1 aliphatic rings. The van der Waals surface area contributed by atoms with Gasteiger partial charge >= 0.3 is 0 Å². The number of carbonyl (C=O) groups is 1. The molecule has 2 aromatic carbocycles. The normalized spacial score (nSPS) is 15.1. The van der Waals surface area contributed by atoms with Crippen LogP contribution in [0.5, 0.6) is 5.75 Å². The first-order chi connectivity index (χ1) is 13.9. The van der Waals surface area contributed by atoms with E-state index in [0.717, 1.165) is 0 Å². The molecule has 1 amide bonds. The Kier molecular flexibility index (Phi) is 6.83. The van der Waals surface area contributed by atoms with E-state index >= 15 is 0 Å². The maximum Gasteiger partial charge on any atom is 0.246 e. The van der Waals surface area contributed by atoms with Crippen molar-refractivity contribution < 1.29 is 27.1 Å². The van der Waals surface area contributed by atoms with Crippen LogP contribution in [0.15, 0.2) is 47.4 Å². The van der Waals surface area contributed by atoms with Gasteiger partial charge in [0.15, 0.2) is 0 Å². The number of hydrogen-bond acceptors (Lipinski definition) is 5. The summed E-state index contributed by atoms with van der Waals surface area (Å²) in [5, 5.41) is 2.71. The van der Waals surface area contributed by atoms with Crippen molar-refractivity contribution in [3.05, 3.63) is 59.4 Å². The Bertz CT molecular complexity index is 975. The summed E-state index contributed by atoms with van der Waals surface area (Å²) in [4.78, 5) is 12.3. The van der Waals surface area contributed by atoms with Crippen LogP contribution in [-0.2, 0) is 32.5 Å². The van der Waals surface area contributed by atoms with Gasteiger partial charge in [-0.3, -0.25) is 4.79 Å². The van der Waals surface area contributed by atoms with Crippen LogP contribution in [0.3, 0.4) is 0 Å². The molecular weight excluding hydrogens is 399 g/mol. The fourth-order valence-corrected chi connectivity index (χ4v) is 4.67. The molecule has 29 heavy (non-hydrogen) atoms. The van der Waals surface area contributed by atoms with Gasteiger partial charge in [0.05, 0.1) is 26.7 Å². The Labute approximate surface area is 169 Å². The van der Waals surface area contributed by atoms with E-state index in [1.54, 1.807) is 24.3 Å². The number of morpholine rings is 1. The van der Waals surface area contributed by atoms with E-state index in [-0.39, 0.29) is 48.4 Å². The molecular formula is C20H23FN2O5S. The molecule has 1 saturated heterocycles. The predicted molar refractivity (Wildman–Crippen MR) is 105 cm³/mol. The van der Waals surface area contributed by atoms with E-state index in [4.69, 9.17) is 9.47 Å². The number of nitrogens with zero attached hydrogens (tertiary/aromatic N) is 1. The Morgan fingerprint density at radius 3 is 2.62 bits per heavy atom. The predicted octanol–water partition coefficient (Wildman–Crippen LogP) is 1.71. The van der Waals surface area contributed by atoms with Gasteiger partial charge in [0.25, 0.3) is 0 Å². The molecule has 0 radical (unpaired) electrons. The molecule has 1 N–H and O–H groups in total. The van der Waals surface area contributed by atoms with Crippen LogP contribution in [0.25, 0.3) is 0 Å². The van der Waals surface area contributed by atoms with Crippen molar-refractivity contribution in [3.8, 4) is 5.75 Å². The van der Waals surface area contributed by atoms with Crippen molar-refractivity contribution in [1.29, 1.82) is 0 Å². The monoisotopic (exact) mass is 422 g/mol. The SMILES string of the molecule is COc1ccc(CC(=O)NCc2cccc(F)c2)cc1S(=O)(=O)N1CCOCC1. The molecule has 0 saturated carbocycles. The number of amides is 1. The fraction of sp³-hybridized carbons (Fsp3) is 0.350. The lowest BCUT2D eigenvalue weighted by molar-refractivity contribution is -0.120. The molecule has 0 unspecified atom stereocenters. The summed E-state index contributed by atoms with van der Waals surface area (Å²) in [5.74, 6) is -0.445. The van der Waals surface area contributed by atoms with E-state index in [2.05, 4.69) is 5.32 Å². The van der Waals surface area contributed by atoms with Crippen molar-refractivity contribution in [2.45, 2.75) is 17.9 Å². The van der Waals surface area contributed by atoms with Gasteiger partial charge in [0.1, 0.15) is 16.5 Å². The van der Waals surface area contributed by atoms with Gasteiger partial charge in [0.2, 0.25) is 15.9 Å². The number of hydrogen-bond donors (Lipinski definition) is 1. The van der Waals surface area contributed by atoms with E-state index in [1.807, 2.05) is 0 Å². The molecule has 0 spiro atoms. The molecule has 3 rings (SSSR count). The molecule has 2 aromatic rings. The molecule has 0 bridgehead atoms. The second-order valence-corrected chi connectivity index (χ2v) is 8.49. The summed E-state index contributed by atoms with van der Waals surface area (Å²) in [6.07, 6.45) is -0.00899. The number of ether oxygens (including phenoxy) is 2. The minimum Gasteiger partial charge on any atom is -0.495 e. The Morgan fingerprint density at radius 2 is 1.93 bits per heavy atom. The topological polar surface area (TPSA) is 84.9 Å². The van der Waals surface area contributed by atoms with Gasteiger partial charge in [-0.25, -0.2) is 12.8 Å². The molecule has 1 aliphatic heterocycles. The van der Waals surface area contributed by atoms with Crippen molar-refractivity contribution in [3.63, 3.8) is 0 Å². The summed E-state index contributed by atoms with van der Waals surface area (Å²) in [6, 6.07) is 10.6. The molecule has 7 nitrogen and oxygen atoms in total. The number of benzene rings is 2. The first-order valence-corrected chi connectivity index (χ1v) is 10.6. The maximum atomic E-state index is 13.2. The highest BCUT2D eigenvalue weighted by Crippen LogP contribution is 2.28. The number of nitrogens with one attached hydrogen (secondary N) is 1. The highest BCUT2D eigenvalue weighted by molar-refractivity contribution is 7.89. The van der Waals surface area contributed by atoms with Crippen LogP contribution in [0, 0.1) is 5.82 Å².